The second kappa shape index (κ2) is 6.48. The number of thiophene rings is 1. The number of hydrogen-bond donors (Lipinski definition) is 1. The topological polar surface area (TPSA) is 46.2 Å². The number of sulfonamides is 1. The van der Waals surface area contributed by atoms with Crippen molar-refractivity contribution in [2.45, 2.75) is 16.9 Å². The highest BCUT2D eigenvalue weighted by Crippen LogP contribution is 2.35. The van der Waals surface area contributed by atoms with Crippen molar-refractivity contribution in [1.29, 1.82) is 0 Å². The lowest BCUT2D eigenvalue weighted by Crippen LogP contribution is -2.22. The first-order chi connectivity index (χ1) is 10.1. The Labute approximate surface area is 142 Å². The van der Waals surface area contributed by atoms with Crippen LogP contribution in [0.1, 0.15) is 11.1 Å². The van der Waals surface area contributed by atoms with E-state index in [1.165, 1.54) is 12.1 Å². The highest BCUT2D eigenvalue weighted by atomic mass is 79.9. The largest absolute Gasteiger partial charge is 0.417 e. The SMILES string of the molecule is O=S(=O)(NCc1ccc(Cl)c(C(F)(F)F)c1)c1ccc(Br)s1. The normalized spacial score (nSPS) is 12.6. The minimum Gasteiger partial charge on any atom is -0.206 e. The van der Waals surface area contributed by atoms with Gasteiger partial charge in [0, 0.05) is 6.54 Å². The molecule has 0 fully saturated rings. The molecular weight excluding hydrogens is 427 g/mol. The average Bonchev–Trinajstić information content (AvgIpc) is 2.84. The van der Waals surface area contributed by atoms with Gasteiger partial charge in [0.1, 0.15) is 4.21 Å². The number of halogens is 5. The Morgan fingerprint density at radius 1 is 1.23 bits per heavy atom. The van der Waals surface area contributed by atoms with E-state index < -0.39 is 26.8 Å². The predicted molar refractivity (Wildman–Crippen MR) is 82.5 cm³/mol. The maximum Gasteiger partial charge on any atom is 0.417 e. The second-order valence-electron chi connectivity index (χ2n) is 4.20. The smallest absolute Gasteiger partial charge is 0.206 e. The van der Waals surface area contributed by atoms with E-state index in [0.29, 0.717) is 3.79 Å². The maximum absolute atomic E-state index is 12.7. The zero-order valence-electron chi connectivity index (χ0n) is 10.6. The standard InChI is InChI=1S/C12H8BrClF3NO2S2/c13-10-3-4-11(21-10)22(19,20)18-6-7-1-2-9(14)8(5-7)12(15,16)17/h1-5,18H,6H2. The zero-order chi connectivity index (χ0) is 16.5. The van der Waals surface area contributed by atoms with Gasteiger partial charge in [-0.25, -0.2) is 13.1 Å². The fraction of sp³-hybridized carbons (Fsp3) is 0.167. The number of rotatable bonds is 4. The van der Waals surface area contributed by atoms with Gasteiger partial charge in [-0.1, -0.05) is 17.7 Å². The summed E-state index contributed by atoms with van der Waals surface area (Å²) in [6.45, 7) is -0.266. The molecule has 2 rings (SSSR count). The first-order valence-electron chi connectivity index (χ1n) is 5.70. The zero-order valence-corrected chi connectivity index (χ0v) is 14.6. The Balaban J connectivity index is 2.19. The number of hydrogen-bond acceptors (Lipinski definition) is 3. The molecule has 1 N–H and O–H groups in total. The third kappa shape index (κ3) is 4.23. The molecule has 22 heavy (non-hydrogen) atoms. The van der Waals surface area contributed by atoms with E-state index in [9.17, 15) is 21.6 Å². The molecule has 2 aromatic rings. The average molecular weight is 435 g/mol. The van der Waals surface area contributed by atoms with Crippen molar-refractivity contribution in [2.24, 2.45) is 0 Å². The molecule has 0 amide bonds. The molecule has 0 bridgehead atoms. The summed E-state index contributed by atoms with van der Waals surface area (Å²) < 4.78 is 65.2. The Kier molecular flexibility index (Phi) is 5.23. The summed E-state index contributed by atoms with van der Waals surface area (Å²) in [4.78, 5) is 0. The molecule has 0 saturated carbocycles. The molecule has 0 unspecified atom stereocenters. The van der Waals surface area contributed by atoms with Crippen LogP contribution in [-0.4, -0.2) is 8.42 Å². The second-order valence-corrected chi connectivity index (χ2v) is 9.06. The molecule has 0 aliphatic carbocycles. The Morgan fingerprint density at radius 3 is 2.45 bits per heavy atom. The fourth-order valence-corrected chi connectivity index (χ4v) is 4.89. The summed E-state index contributed by atoms with van der Waals surface area (Å²) in [5.41, 5.74) is -0.833. The van der Waals surface area contributed by atoms with E-state index in [-0.39, 0.29) is 16.3 Å². The Hall–Kier alpha value is -0.610. The van der Waals surface area contributed by atoms with E-state index in [1.807, 2.05) is 0 Å². The molecule has 0 aliphatic heterocycles. The van der Waals surface area contributed by atoms with Crippen molar-refractivity contribution in [3.05, 3.63) is 50.3 Å². The van der Waals surface area contributed by atoms with Gasteiger partial charge >= 0.3 is 6.18 Å². The molecule has 0 radical (unpaired) electrons. The van der Waals surface area contributed by atoms with Gasteiger partial charge in [0.2, 0.25) is 10.0 Å². The van der Waals surface area contributed by atoms with Gasteiger partial charge in [0.25, 0.3) is 0 Å². The maximum atomic E-state index is 12.7. The summed E-state index contributed by atoms with van der Waals surface area (Å²) >= 11 is 9.66. The molecule has 1 aromatic carbocycles. The van der Waals surface area contributed by atoms with Crippen LogP contribution in [0, 0.1) is 0 Å². The molecule has 1 aromatic heterocycles. The van der Waals surface area contributed by atoms with Crippen LogP contribution in [0.25, 0.3) is 0 Å². The highest BCUT2D eigenvalue weighted by molar-refractivity contribution is 9.11. The third-order valence-electron chi connectivity index (χ3n) is 2.62. The quantitative estimate of drug-likeness (QED) is 0.761. The molecule has 0 spiro atoms. The molecule has 0 aliphatic rings. The van der Waals surface area contributed by atoms with Crippen molar-refractivity contribution in [1.82, 2.24) is 4.72 Å². The van der Waals surface area contributed by atoms with E-state index in [1.54, 1.807) is 6.07 Å². The van der Waals surface area contributed by atoms with Crippen LogP contribution in [0.15, 0.2) is 38.3 Å². The van der Waals surface area contributed by atoms with Gasteiger partial charge in [-0.15, -0.1) is 11.3 Å². The minimum absolute atomic E-state index is 0.0735. The van der Waals surface area contributed by atoms with E-state index in [2.05, 4.69) is 20.7 Å². The van der Waals surface area contributed by atoms with Crippen LogP contribution in [-0.2, 0) is 22.7 Å². The third-order valence-corrected chi connectivity index (χ3v) is 6.46. The summed E-state index contributed by atoms with van der Waals surface area (Å²) in [6, 6.07) is 6.23. The van der Waals surface area contributed by atoms with Crippen LogP contribution < -0.4 is 4.72 Å². The first kappa shape index (κ1) is 17.7. The molecule has 3 nitrogen and oxygen atoms in total. The summed E-state index contributed by atoms with van der Waals surface area (Å²) in [7, 11) is -3.77. The Morgan fingerprint density at radius 2 is 1.91 bits per heavy atom. The lowest BCUT2D eigenvalue weighted by Gasteiger charge is -2.11. The molecule has 0 saturated heterocycles. The molecule has 10 heteroatoms. The van der Waals surface area contributed by atoms with Crippen molar-refractivity contribution >= 4 is 48.9 Å². The fourth-order valence-electron chi connectivity index (χ4n) is 1.59. The van der Waals surface area contributed by atoms with Gasteiger partial charge in [0.15, 0.2) is 0 Å². The lowest BCUT2D eigenvalue weighted by molar-refractivity contribution is -0.137. The highest BCUT2D eigenvalue weighted by Gasteiger charge is 2.33. The Bertz CT molecular complexity index is 790. The van der Waals surface area contributed by atoms with Crippen molar-refractivity contribution in [3.63, 3.8) is 0 Å². The molecule has 1 heterocycles. The van der Waals surface area contributed by atoms with Crippen molar-refractivity contribution < 1.29 is 21.6 Å². The van der Waals surface area contributed by atoms with Gasteiger partial charge < -0.3 is 0 Å². The van der Waals surface area contributed by atoms with Crippen LogP contribution >= 0.6 is 38.9 Å². The van der Waals surface area contributed by atoms with E-state index >= 15 is 0 Å². The predicted octanol–water partition coefficient (Wildman–Crippen LogP) is 4.66. The van der Waals surface area contributed by atoms with Crippen LogP contribution in [0.4, 0.5) is 13.2 Å². The summed E-state index contributed by atoms with van der Waals surface area (Å²) in [5, 5.41) is -0.429. The van der Waals surface area contributed by atoms with Gasteiger partial charge in [-0.2, -0.15) is 13.2 Å². The summed E-state index contributed by atoms with van der Waals surface area (Å²) in [6.07, 6.45) is -4.59. The lowest BCUT2D eigenvalue weighted by atomic mass is 10.1. The van der Waals surface area contributed by atoms with E-state index in [0.717, 1.165) is 23.5 Å². The number of benzene rings is 1. The van der Waals surface area contributed by atoms with Crippen molar-refractivity contribution in [3.8, 4) is 0 Å². The van der Waals surface area contributed by atoms with Crippen LogP contribution in [0.3, 0.4) is 0 Å². The van der Waals surface area contributed by atoms with Crippen molar-refractivity contribution in [2.75, 3.05) is 0 Å². The number of alkyl halides is 3. The molecule has 0 atom stereocenters. The first-order valence-corrected chi connectivity index (χ1v) is 9.17. The van der Waals surface area contributed by atoms with Gasteiger partial charge in [-0.05, 0) is 45.8 Å². The minimum atomic E-state index is -4.59. The summed E-state index contributed by atoms with van der Waals surface area (Å²) in [5.74, 6) is 0. The van der Waals surface area contributed by atoms with Crippen LogP contribution in [0.2, 0.25) is 5.02 Å². The molecular formula is C12H8BrClF3NO2S2. The monoisotopic (exact) mass is 433 g/mol. The van der Waals surface area contributed by atoms with Crippen LogP contribution in [0.5, 0.6) is 0 Å². The van der Waals surface area contributed by atoms with Gasteiger partial charge in [0.05, 0.1) is 14.4 Å². The van der Waals surface area contributed by atoms with E-state index in [4.69, 9.17) is 11.6 Å². The van der Waals surface area contributed by atoms with Gasteiger partial charge in [-0.3, -0.25) is 0 Å². The number of nitrogens with one attached hydrogen (secondary N) is 1. The molecule has 120 valence electrons.